The van der Waals surface area contributed by atoms with E-state index in [2.05, 4.69) is 15.0 Å². The summed E-state index contributed by atoms with van der Waals surface area (Å²) in [5.74, 6) is -0.749. The molecule has 1 aromatic rings. The van der Waals surface area contributed by atoms with E-state index in [4.69, 9.17) is 34.5 Å². The fourth-order valence-corrected chi connectivity index (χ4v) is 2.55. The molecule has 1 aliphatic carbocycles. The zero-order valence-corrected chi connectivity index (χ0v) is 13.5. The molecule has 0 aromatic carbocycles. The number of carbonyl (C=O) groups excluding carboxylic acids is 1. The highest BCUT2D eigenvalue weighted by Crippen LogP contribution is 2.51. The van der Waals surface area contributed by atoms with Gasteiger partial charge in [0.2, 0.25) is 0 Å². The zero-order valence-electron chi connectivity index (χ0n) is 12.0. The molecule has 0 aliphatic heterocycles. The SMILES string of the molecule is [C-]#[N+]C(C(=O)OC(C)(C)C)(c1cc(Cl)nnc1Cl)C1CC1. The third kappa shape index (κ3) is 3.12. The molecule has 0 spiro atoms. The fourth-order valence-electron chi connectivity index (χ4n) is 2.17. The van der Waals surface area contributed by atoms with E-state index in [-0.39, 0.29) is 21.8 Å². The molecule has 2 rings (SSSR count). The maximum Gasteiger partial charge on any atom is 0.399 e. The number of aromatic nitrogens is 2. The van der Waals surface area contributed by atoms with Crippen LogP contribution in [-0.4, -0.2) is 21.8 Å². The summed E-state index contributed by atoms with van der Waals surface area (Å²) >= 11 is 11.9. The van der Waals surface area contributed by atoms with Crippen LogP contribution in [0, 0.1) is 12.5 Å². The average molecular weight is 328 g/mol. The van der Waals surface area contributed by atoms with Crippen molar-refractivity contribution in [1.29, 1.82) is 0 Å². The first kappa shape index (κ1) is 16.0. The lowest BCUT2D eigenvalue weighted by molar-refractivity contribution is -0.161. The monoisotopic (exact) mass is 327 g/mol. The second kappa shape index (κ2) is 5.43. The van der Waals surface area contributed by atoms with Crippen LogP contribution >= 0.6 is 23.2 Å². The van der Waals surface area contributed by atoms with Crippen LogP contribution in [-0.2, 0) is 15.1 Å². The molecule has 7 heteroatoms. The van der Waals surface area contributed by atoms with E-state index in [1.54, 1.807) is 20.8 Å². The van der Waals surface area contributed by atoms with Gasteiger partial charge in [-0.3, -0.25) is 4.85 Å². The van der Waals surface area contributed by atoms with Gasteiger partial charge in [0.05, 0.1) is 11.5 Å². The Morgan fingerprint density at radius 2 is 2.00 bits per heavy atom. The van der Waals surface area contributed by atoms with Crippen molar-refractivity contribution < 1.29 is 9.53 Å². The summed E-state index contributed by atoms with van der Waals surface area (Å²) < 4.78 is 5.44. The Bertz CT molecular complexity index is 618. The van der Waals surface area contributed by atoms with E-state index < -0.39 is 17.1 Å². The Morgan fingerprint density at radius 3 is 2.48 bits per heavy atom. The normalized spacial score (nSPS) is 17.7. The molecule has 1 saturated carbocycles. The minimum absolute atomic E-state index is 0.00755. The summed E-state index contributed by atoms with van der Waals surface area (Å²) in [4.78, 5) is 16.3. The third-order valence-electron chi connectivity index (χ3n) is 3.18. The standard InChI is InChI=1S/C14H15Cl2N3O2/c1-13(2,3)21-12(20)14(17-4,8-5-6-8)9-7-10(15)18-19-11(9)16/h7-8H,5-6H2,1-3H3. The van der Waals surface area contributed by atoms with Crippen molar-refractivity contribution in [3.8, 4) is 0 Å². The van der Waals surface area contributed by atoms with E-state index in [0.717, 1.165) is 12.8 Å². The molecule has 0 bridgehead atoms. The summed E-state index contributed by atoms with van der Waals surface area (Å²) in [6, 6.07) is 1.43. The van der Waals surface area contributed by atoms with E-state index in [0.29, 0.717) is 0 Å². The largest absolute Gasteiger partial charge is 0.454 e. The van der Waals surface area contributed by atoms with Gasteiger partial charge in [-0.25, -0.2) is 11.4 Å². The van der Waals surface area contributed by atoms with Crippen LogP contribution in [0.5, 0.6) is 0 Å². The lowest BCUT2D eigenvalue weighted by Crippen LogP contribution is -2.41. The number of halogens is 2. The number of esters is 1. The molecule has 5 nitrogen and oxygen atoms in total. The van der Waals surface area contributed by atoms with Gasteiger partial charge in [0.25, 0.3) is 0 Å². The number of hydrogen-bond donors (Lipinski definition) is 0. The van der Waals surface area contributed by atoms with Gasteiger partial charge < -0.3 is 4.74 Å². The van der Waals surface area contributed by atoms with Gasteiger partial charge in [0.15, 0.2) is 10.3 Å². The summed E-state index contributed by atoms with van der Waals surface area (Å²) in [5.41, 5.74) is -1.92. The van der Waals surface area contributed by atoms with Crippen molar-refractivity contribution in [1.82, 2.24) is 10.2 Å². The van der Waals surface area contributed by atoms with Gasteiger partial charge in [-0.15, -0.1) is 10.2 Å². The summed E-state index contributed by atoms with van der Waals surface area (Å²) in [6.07, 6.45) is 1.52. The quantitative estimate of drug-likeness (QED) is 0.628. The lowest BCUT2D eigenvalue weighted by atomic mass is 9.86. The number of rotatable bonds is 3. The molecule has 1 unspecified atom stereocenters. The van der Waals surface area contributed by atoms with Crippen LogP contribution < -0.4 is 0 Å². The van der Waals surface area contributed by atoms with Crippen LogP contribution in [0.1, 0.15) is 39.2 Å². The highest BCUT2D eigenvalue weighted by Gasteiger charge is 2.62. The van der Waals surface area contributed by atoms with Crippen LogP contribution in [0.3, 0.4) is 0 Å². The molecular weight excluding hydrogens is 313 g/mol. The molecule has 1 aliphatic rings. The van der Waals surface area contributed by atoms with E-state index in [1.807, 2.05) is 0 Å². The molecule has 0 N–H and O–H groups in total. The Labute approximate surface area is 133 Å². The molecule has 1 fully saturated rings. The first-order chi connectivity index (χ1) is 9.70. The van der Waals surface area contributed by atoms with E-state index in [1.165, 1.54) is 6.07 Å². The van der Waals surface area contributed by atoms with Crippen LogP contribution in [0.4, 0.5) is 0 Å². The second-order valence-corrected chi connectivity index (χ2v) is 6.77. The Hall–Kier alpha value is -1.38. The van der Waals surface area contributed by atoms with Crippen LogP contribution in [0.2, 0.25) is 10.3 Å². The number of carbonyl (C=O) groups is 1. The number of ether oxygens (including phenoxy) is 1. The van der Waals surface area contributed by atoms with Crippen molar-refractivity contribution in [3.05, 3.63) is 33.4 Å². The lowest BCUT2D eigenvalue weighted by Gasteiger charge is -2.26. The Balaban J connectivity index is 2.55. The molecule has 0 radical (unpaired) electrons. The van der Waals surface area contributed by atoms with Crippen molar-refractivity contribution in [2.24, 2.45) is 5.92 Å². The maximum absolute atomic E-state index is 12.7. The van der Waals surface area contributed by atoms with Crippen molar-refractivity contribution in [2.45, 2.75) is 44.8 Å². The summed E-state index contributed by atoms with van der Waals surface area (Å²) in [5, 5.41) is 7.44. The predicted molar refractivity (Wildman–Crippen MR) is 78.9 cm³/mol. The molecule has 0 saturated heterocycles. The molecule has 1 atom stereocenters. The van der Waals surface area contributed by atoms with Gasteiger partial charge in [-0.1, -0.05) is 23.2 Å². The van der Waals surface area contributed by atoms with Crippen molar-refractivity contribution >= 4 is 29.2 Å². The maximum atomic E-state index is 12.7. The van der Waals surface area contributed by atoms with Crippen LogP contribution in [0.15, 0.2) is 6.07 Å². The van der Waals surface area contributed by atoms with Crippen molar-refractivity contribution in [2.75, 3.05) is 0 Å². The second-order valence-electron chi connectivity index (χ2n) is 6.03. The van der Waals surface area contributed by atoms with Crippen LogP contribution in [0.25, 0.3) is 4.85 Å². The average Bonchev–Trinajstić information content (AvgIpc) is 3.17. The summed E-state index contributed by atoms with van der Waals surface area (Å²) in [7, 11) is 0. The first-order valence-electron chi connectivity index (χ1n) is 6.52. The minimum atomic E-state index is -1.50. The minimum Gasteiger partial charge on any atom is -0.454 e. The third-order valence-corrected chi connectivity index (χ3v) is 3.65. The smallest absolute Gasteiger partial charge is 0.399 e. The zero-order chi connectivity index (χ0) is 15.8. The van der Waals surface area contributed by atoms with Gasteiger partial charge >= 0.3 is 11.5 Å². The Kier molecular flexibility index (Phi) is 4.14. The highest BCUT2D eigenvalue weighted by atomic mass is 35.5. The van der Waals surface area contributed by atoms with E-state index in [9.17, 15) is 4.79 Å². The van der Waals surface area contributed by atoms with Gasteiger partial charge in [0.1, 0.15) is 5.60 Å². The molecule has 1 aromatic heterocycles. The van der Waals surface area contributed by atoms with Gasteiger partial charge in [0, 0.05) is 0 Å². The van der Waals surface area contributed by atoms with Gasteiger partial charge in [-0.05, 0) is 39.7 Å². The molecular formula is C14H15Cl2N3O2. The summed E-state index contributed by atoms with van der Waals surface area (Å²) in [6.45, 7) is 12.9. The van der Waals surface area contributed by atoms with Crippen molar-refractivity contribution in [3.63, 3.8) is 0 Å². The van der Waals surface area contributed by atoms with E-state index >= 15 is 0 Å². The first-order valence-corrected chi connectivity index (χ1v) is 7.27. The number of hydrogen-bond acceptors (Lipinski definition) is 4. The Morgan fingerprint density at radius 1 is 1.38 bits per heavy atom. The molecule has 112 valence electrons. The molecule has 1 heterocycles. The molecule has 21 heavy (non-hydrogen) atoms. The highest BCUT2D eigenvalue weighted by molar-refractivity contribution is 6.32. The fraction of sp³-hybridized carbons (Fsp3) is 0.571. The van der Waals surface area contributed by atoms with Gasteiger partial charge in [-0.2, -0.15) is 0 Å². The molecule has 0 amide bonds. The topological polar surface area (TPSA) is 56.4 Å². The predicted octanol–water partition coefficient (Wildman–Crippen LogP) is 3.65. The number of nitrogens with zero attached hydrogens (tertiary/aromatic N) is 3.